The molecule has 0 radical (unpaired) electrons. The van der Waals surface area contributed by atoms with Gasteiger partial charge in [0.1, 0.15) is 5.82 Å². The second kappa shape index (κ2) is 8.24. The fourth-order valence-corrected chi connectivity index (χ4v) is 3.42. The van der Waals surface area contributed by atoms with Crippen LogP contribution >= 0.6 is 23.5 Å². The third kappa shape index (κ3) is 4.51. The summed E-state index contributed by atoms with van der Waals surface area (Å²) in [6.45, 7) is 2.84. The van der Waals surface area contributed by atoms with Crippen LogP contribution in [-0.2, 0) is 23.5 Å². The zero-order valence-corrected chi connectivity index (χ0v) is 14.4. The molecule has 0 aliphatic carbocycles. The van der Waals surface area contributed by atoms with Gasteiger partial charge in [0.15, 0.2) is 5.16 Å². The molecule has 0 spiro atoms. The minimum absolute atomic E-state index is 0.305. The van der Waals surface area contributed by atoms with Crippen LogP contribution in [0, 0.1) is 0 Å². The van der Waals surface area contributed by atoms with E-state index in [2.05, 4.69) is 47.6 Å². The van der Waals surface area contributed by atoms with Crippen LogP contribution in [0.4, 0.5) is 0 Å². The summed E-state index contributed by atoms with van der Waals surface area (Å²) in [5, 5.41) is 9.30. The van der Waals surface area contributed by atoms with Crippen LogP contribution in [0.5, 0.6) is 0 Å². The number of hydrogen-bond acceptors (Lipinski definition) is 5. The molecule has 1 aromatic carbocycles. The molecule has 0 saturated carbocycles. The molecule has 22 heavy (non-hydrogen) atoms. The number of aryl methyl sites for hydroxylation is 1. The Morgan fingerprint density at radius 1 is 1.27 bits per heavy atom. The quantitative estimate of drug-likeness (QED) is 0.750. The molecule has 1 amide bonds. The molecule has 7 heteroatoms. The first-order chi connectivity index (χ1) is 10.6. The van der Waals surface area contributed by atoms with Crippen molar-refractivity contribution in [1.29, 1.82) is 0 Å². The first kappa shape index (κ1) is 16.9. The van der Waals surface area contributed by atoms with Crippen molar-refractivity contribution >= 4 is 29.4 Å². The molecule has 2 aromatic rings. The Bertz CT molecular complexity index is 625. The largest absolute Gasteiger partial charge is 0.370 e. The van der Waals surface area contributed by atoms with Gasteiger partial charge in [-0.05, 0) is 30.9 Å². The number of hydrogen-bond donors (Lipinski definition) is 1. The summed E-state index contributed by atoms with van der Waals surface area (Å²) in [5.74, 6) is 1.36. The average molecular weight is 336 g/mol. The SMILES string of the molecule is CCn1c(CCC(N)=O)nnc1SCc1ccc(SC)cc1. The van der Waals surface area contributed by atoms with Gasteiger partial charge < -0.3 is 10.3 Å². The highest BCUT2D eigenvalue weighted by molar-refractivity contribution is 7.98. The van der Waals surface area contributed by atoms with Crippen molar-refractivity contribution in [3.63, 3.8) is 0 Å². The van der Waals surface area contributed by atoms with Crippen molar-refractivity contribution in [2.45, 2.75) is 42.1 Å². The van der Waals surface area contributed by atoms with E-state index in [1.807, 2.05) is 4.57 Å². The summed E-state index contributed by atoms with van der Waals surface area (Å²) >= 11 is 3.40. The fraction of sp³-hybridized carbons (Fsp3) is 0.400. The van der Waals surface area contributed by atoms with Crippen molar-refractivity contribution in [2.24, 2.45) is 5.73 Å². The predicted molar refractivity (Wildman–Crippen MR) is 91.0 cm³/mol. The van der Waals surface area contributed by atoms with Crippen LogP contribution in [0.1, 0.15) is 24.7 Å². The van der Waals surface area contributed by atoms with Gasteiger partial charge in [-0.15, -0.1) is 22.0 Å². The van der Waals surface area contributed by atoms with Gasteiger partial charge in [0.2, 0.25) is 5.91 Å². The summed E-state index contributed by atoms with van der Waals surface area (Å²) < 4.78 is 2.05. The fourth-order valence-electron chi connectivity index (χ4n) is 2.03. The second-order valence-electron chi connectivity index (χ2n) is 4.75. The zero-order chi connectivity index (χ0) is 15.9. The van der Waals surface area contributed by atoms with Crippen LogP contribution in [0.2, 0.25) is 0 Å². The van der Waals surface area contributed by atoms with Crippen LogP contribution in [0.25, 0.3) is 0 Å². The van der Waals surface area contributed by atoms with Crippen molar-refractivity contribution in [3.8, 4) is 0 Å². The Kier molecular flexibility index (Phi) is 6.33. The molecule has 0 atom stereocenters. The normalized spacial score (nSPS) is 10.8. The van der Waals surface area contributed by atoms with Gasteiger partial charge in [0, 0.05) is 30.0 Å². The summed E-state index contributed by atoms with van der Waals surface area (Å²) in [6, 6.07) is 8.53. The standard InChI is InChI=1S/C15H20N4OS2/c1-3-19-14(9-8-13(16)20)17-18-15(19)22-10-11-4-6-12(21-2)7-5-11/h4-7H,3,8-10H2,1-2H3,(H2,16,20). The lowest BCUT2D eigenvalue weighted by molar-refractivity contribution is -0.118. The van der Waals surface area contributed by atoms with E-state index in [-0.39, 0.29) is 5.91 Å². The number of carbonyl (C=O) groups excluding carboxylic acids is 1. The first-order valence-electron chi connectivity index (χ1n) is 7.10. The van der Waals surface area contributed by atoms with E-state index in [0.29, 0.717) is 12.8 Å². The monoisotopic (exact) mass is 336 g/mol. The lowest BCUT2D eigenvalue weighted by atomic mass is 10.2. The molecular formula is C15H20N4OS2. The lowest BCUT2D eigenvalue weighted by Gasteiger charge is -2.07. The smallest absolute Gasteiger partial charge is 0.217 e. The minimum Gasteiger partial charge on any atom is -0.370 e. The second-order valence-corrected chi connectivity index (χ2v) is 6.57. The minimum atomic E-state index is -0.311. The molecule has 1 heterocycles. The van der Waals surface area contributed by atoms with E-state index in [9.17, 15) is 4.79 Å². The Balaban J connectivity index is 2.01. The van der Waals surface area contributed by atoms with Crippen molar-refractivity contribution in [1.82, 2.24) is 14.8 Å². The van der Waals surface area contributed by atoms with Crippen molar-refractivity contribution < 1.29 is 4.79 Å². The predicted octanol–water partition coefficient (Wildman–Crippen LogP) is 2.73. The van der Waals surface area contributed by atoms with Crippen molar-refractivity contribution in [2.75, 3.05) is 6.26 Å². The number of benzene rings is 1. The maximum Gasteiger partial charge on any atom is 0.217 e. The van der Waals surface area contributed by atoms with Gasteiger partial charge in [-0.3, -0.25) is 4.79 Å². The van der Waals surface area contributed by atoms with E-state index in [1.165, 1.54) is 10.5 Å². The van der Waals surface area contributed by atoms with E-state index >= 15 is 0 Å². The Hall–Kier alpha value is -1.47. The highest BCUT2D eigenvalue weighted by Gasteiger charge is 2.12. The summed E-state index contributed by atoms with van der Waals surface area (Å²) in [4.78, 5) is 12.2. The molecule has 1 aromatic heterocycles. The number of aromatic nitrogens is 3. The first-order valence-corrected chi connectivity index (χ1v) is 9.31. The summed E-state index contributed by atoms with van der Waals surface area (Å²) in [6.07, 6.45) is 2.92. The van der Waals surface area contributed by atoms with E-state index < -0.39 is 0 Å². The number of amides is 1. The molecule has 2 rings (SSSR count). The molecule has 0 aliphatic rings. The van der Waals surface area contributed by atoms with Gasteiger partial charge in [0.25, 0.3) is 0 Å². The number of nitrogens with two attached hydrogens (primary N) is 1. The number of primary amides is 1. The molecule has 2 N–H and O–H groups in total. The zero-order valence-electron chi connectivity index (χ0n) is 12.8. The van der Waals surface area contributed by atoms with Crippen LogP contribution in [0.15, 0.2) is 34.3 Å². The van der Waals surface area contributed by atoms with Crippen LogP contribution in [-0.4, -0.2) is 26.9 Å². The molecule has 0 bridgehead atoms. The van der Waals surface area contributed by atoms with Gasteiger partial charge >= 0.3 is 0 Å². The van der Waals surface area contributed by atoms with Gasteiger partial charge in [-0.1, -0.05) is 23.9 Å². The number of thioether (sulfide) groups is 2. The molecular weight excluding hydrogens is 316 g/mol. The third-order valence-electron chi connectivity index (χ3n) is 3.23. The third-order valence-corrected chi connectivity index (χ3v) is 5.01. The Labute approximate surface area is 139 Å². The molecule has 0 saturated heterocycles. The van der Waals surface area contributed by atoms with Crippen molar-refractivity contribution in [3.05, 3.63) is 35.7 Å². The topological polar surface area (TPSA) is 73.8 Å². The Morgan fingerprint density at radius 3 is 2.59 bits per heavy atom. The summed E-state index contributed by atoms with van der Waals surface area (Å²) in [7, 11) is 0. The lowest BCUT2D eigenvalue weighted by Crippen LogP contribution is -2.13. The van der Waals surface area contributed by atoms with Crippen LogP contribution in [0.3, 0.4) is 0 Å². The van der Waals surface area contributed by atoms with E-state index in [4.69, 9.17) is 5.73 Å². The number of rotatable bonds is 8. The van der Waals surface area contributed by atoms with Gasteiger partial charge in [0.05, 0.1) is 0 Å². The number of nitrogens with zero attached hydrogens (tertiary/aromatic N) is 3. The Morgan fingerprint density at radius 2 is 2.00 bits per heavy atom. The van der Waals surface area contributed by atoms with Gasteiger partial charge in [-0.2, -0.15) is 0 Å². The maximum atomic E-state index is 10.9. The van der Waals surface area contributed by atoms with E-state index in [0.717, 1.165) is 23.3 Å². The summed E-state index contributed by atoms with van der Waals surface area (Å²) in [5.41, 5.74) is 6.45. The molecule has 5 nitrogen and oxygen atoms in total. The molecule has 0 fully saturated rings. The molecule has 0 aliphatic heterocycles. The highest BCUT2D eigenvalue weighted by Crippen LogP contribution is 2.24. The van der Waals surface area contributed by atoms with Gasteiger partial charge in [-0.25, -0.2) is 0 Å². The maximum absolute atomic E-state index is 10.9. The van der Waals surface area contributed by atoms with Crippen LogP contribution < -0.4 is 5.73 Å². The molecule has 0 unspecified atom stereocenters. The number of carbonyl (C=O) groups is 1. The average Bonchev–Trinajstić information content (AvgIpc) is 2.93. The highest BCUT2D eigenvalue weighted by atomic mass is 32.2. The molecule has 118 valence electrons. The van der Waals surface area contributed by atoms with E-state index in [1.54, 1.807) is 23.5 Å².